The number of thiophene rings is 1. The molecule has 2 heterocycles. The summed E-state index contributed by atoms with van der Waals surface area (Å²) in [5.74, 6) is 0.294. The third-order valence-electron chi connectivity index (χ3n) is 4.13. The van der Waals surface area contributed by atoms with Crippen LogP contribution in [0.1, 0.15) is 48.0 Å². The van der Waals surface area contributed by atoms with Gasteiger partial charge >= 0.3 is 5.97 Å². The molecule has 0 fully saturated rings. The highest BCUT2D eigenvalue weighted by Gasteiger charge is 2.29. The summed E-state index contributed by atoms with van der Waals surface area (Å²) in [7, 11) is 0. The monoisotopic (exact) mass is 409 g/mol. The number of anilines is 2. The molecule has 146 valence electrons. The van der Waals surface area contributed by atoms with Crippen LogP contribution in [-0.2, 0) is 22.4 Å². The Morgan fingerprint density at radius 2 is 2.26 bits per heavy atom. The molecule has 4 N–H and O–H groups in total. The Bertz CT molecular complexity index is 846. The highest BCUT2D eigenvalue weighted by molar-refractivity contribution is 7.99. The van der Waals surface area contributed by atoms with Gasteiger partial charge in [0.2, 0.25) is 17.0 Å². The number of nitrogens with zero attached hydrogens (tertiary/aromatic N) is 2. The number of esters is 1. The number of aromatic nitrogens is 3. The second-order valence-electron chi connectivity index (χ2n) is 6.85. The average Bonchev–Trinajstić information content (AvgIpc) is 3.14. The molecular formula is C17H23N5O3S2. The lowest BCUT2D eigenvalue weighted by atomic mass is 9.88. The van der Waals surface area contributed by atoms with Crippen molar-refractivity contribution >= 4 is 45.9 Å². The van der Waals surface area contributed by atoms with E-state index < -0.39 is 0 Å². The Kier molecular flexibility index (Phi) is 6.05. The van der Waals surface area contributed by atoms with E-state index in [0.717, 1.165) is 29.7 Å². The fourth-order valence-electron chi connectivity index (χ4n) is 2.94. The van der Waals surface area contributed by atoms with Crippen LogP contribution in [0.15, 0.2) is 5.16 Å². The molecule has 0 aromatic carbocycles. The molecule has 8 nitrogen and oxygen atoms in total. The summed E-state index contributed by atoms with van der Waals surface area (Å²) in [5.41, 5.74) is 7.01. The van der Waals surface area contributed by atoms with Gasteiger partial charge in [-0.3, -0.25) is 4.79 Å². The molecule has 1 amide bonds. The summed E-state index contributed by atoms with van der Waals surface area (Å²) in [6.45, 7) is 5.83. The van der Waals surface area contributed by atoms with E-state index in [2.05, 4.69) is 27.4 Å². The largest absolute Gasteiger partial charge is 0.459 e. The molecule has 2 aromatic rings. The number of amides is 1. The van der Waals surface area contributed by atoms with Crippen molar-refractivity contribution in [3.8, 4) is 0 Å². The maximum absolute atomic E-state index is 12.6. The molecule has 27 heavy (non-hydrogen) atoms. The predicted molar refractivity (Wildman–Crippen MR) is 106 cm³/mol. The lowest BCUT2D eigenvalue weighted by Crippen LogP contribution is -2.19. The van der Waals surface area contributed by atoms with Crippen molar-refractivity contribution in [3.05, 3.63) is 16.0 Å². The van der Waals surface area contributed by atoms with Gasteiger partial charge in [-0.05, 0) is 44.6 Å². The molecule has 1 aliphatic carbocycles. The van der Waals surface area contributed by atoms with E-state index in [1.807, 2.05) is 13.8 Å². The van der Waals surface area contributed by atoms with E-state index in [9.17, 15) is 9.59 Å². The van der Waals surface area contributed by atoms with E-state index >= 15 is 0 Å². The van der Waals surface area contributed by atoms with Gasteiger partial charge in [-0.2, -0.15) is 4.98 Å². The van der Waals surface area contributed by atoms with E-state index in [1.54, 1.807) is 0 Å². The number of hydrogen-bond donors (Lipinski definition) is 3. The van der Waals surface area contributed by atoms with Gasteiger partial charge in [-0.25, -0.2) is 9.89 Å². The molecule has 3 rings (SSSR count). The van der Waals surface area contributed by atoms with Crippen molar-refractivity contribution in [1.29, 1.82) is 0 Å². The highest BCUT2D eigenvalue weighted by atomic mass is 32.2. The number of nitrogen functional groups attached to an aromatic ring is 1. The Labute approximate surface area is 165 Å². The van der Waals surface area contributed by atoms with Crippen LogP contribution in [0.3, 0.4) is 0 Å². The van der Waals surface area contributed by atoms with Crippen LogP contribution < -0.4 is 11.1 Å². The van der Waals surface area contributed by atoms with Crippen molar-refractivity contribution in [1.82, 2.24) is 15.2 Å². The quantitative estimate of drug-likeness (QED) is 0.495. The molecular weight excluding hydrogens is 386 g/mol. The number of aromatic amines is 1. The average molecular weight is 410 g/mol. The number of rotatable bonds is 6. The lowest BCUT2D eigenvalue weighted by Gasteiger charge is -2.18. The van der Waals surface area contributed by atoms with E-state index in [0.29, 0.717) is 21.6 Å². The zero-order valence-electron chi connectivity index (χ0n) is 15.5. The molecule has 1 atom stereocenters. The van der Waals surface area contributed by atoms with E-state index in [-0.39, 0.29) is 29.7 Å². The summed E-state index contributed by atoms with van der Waals surface area (Å²) >= 11 is 2.65. The summed E-state index contributed by atoms with van der Waals surface area (Å²) in [4.78, 5) is 30.1. The summed E-state index contributed by atoms with van der Waals surface area (Å²) in [5, 5.41) is 10.3. The minimum Gasteiger partial charge on any atom is -0.459 e. The van der Waals surface area contributed by atoms with Gasteiger partial charge in [0.1, 0.15) is 5.00 Å². The molecule has 1 aliphatic rings. The SMILES string of the molecule is CC(C)OC(=O)c1c(NC(=O)CSc2n[nH]c(N)n2)sc2c1CC[C@H](C)C2. The number of ether oxygens (including phenoxy) is 1. The Balaban J connectivity index is 1.76. The van der Waals surface area contributed by atoms with Crippen LogP contribution >= 0.6 is 23.1 Å². The number of carbonyl (C=O) groups excluding carboxylic acids is 2. The molecule has 0 saturated carbocycles. The molecule has 0 spiro atoms. The fourth-order valence-corrected chi connectivity index (χ4v) is 4.96. The molecule has 0 aliphatic heterocycles. The number of nitrogens with one attached hydrogen (secondary N) is 2. The van der Waals surface area contributed by atoms with Crippen molar-refractivity contribution in [3.63, 3.8) is 0 Å². The van der Waals surface area contributed by atoms with Gasteiger partial charge in [0.25, 0.3) is 0 Å². The maximum Gasteiger partial charge on any atom is 0.341 e. The first-order valence-electron chi connectivity index (χ1n) is 8.79. The first kappa shape index (κ1) is 19.7. The fraction of sp³-hybridized carbons (Fsp3) is 0.529. The minimum absolute atomic E-state index is 0.120. The summed E-state index contributed by atoms with van der Waals surface area (Å²) < 4.78 is 5.42. The Morgan fingerprint density at radius 3 is 2.93 bits per heavy atom. The van der Waals surface area contributed by atoms with Crippen molar-refractivity contribution in [2.45, 2.75) is 51.3 Å². The van der Waals surface area contributed by atoms with Crippen LogP contribution in [0, 0.1) is 5.92 Å². The molecule has 0 radical (unpaired) electrons. The van der Waals surface area contributed by atoms with E-state index in [4.69, 9.17) is 10.5 Å². The van der Waals surface area contributed by atoms with Gasteiger partial charge in [-0.15, -0.1) is 16.4 Å². The smallest absolute Gasteiger partial charge is 0.341 e. The van der Waals surface area contributed by atoms with Gasteiger partial charge in [0, 0.05) is 4.88 Å². The van der Waals surface area contributed by atoms with Crippen molar-refractivity contribution in [2.75, 3.05) is 16.8 Å². The molecule has 0 unspecified atom stereocenters. The second-order valence-corrected chi connectivity index (χ2v) is 8.90. The third kappa shape index (κ3) is 4.81. The zero-order valence-corrected chi connectivity index (χ0v) is 17.1. The van der Waals surface area contributed by atoms with Crippen molar-refractivity contribution in [2.24, 2.45) is 5.92 Å². The van der Waals surface area contributed by atoms with Crippen LogP contribution in [0.5, 0.6) is 0 Å². The summed E-state index contributed by atoms with van der Waals surface area (Å²) in [6, 6.07) is 0. The van der Waals surface area contributed by atoms with Gasteiger partial charge in [0.15, 0.2) is 0 Å². The van der Waals surface area contributed by atoms with Gasteiger partial charge in [-0.1, -0.05) is 18.7 Å². The Hall–Kier alpha value is -2.07. The number of nitrogens with two attached hydrogens (primary N) is 1. The minimum atomic E-state index is -0.373. The van der Waals surface area contributed by atoms with Crippen LogP contribution in [0.2, 0.25) is 0 Å². The first-order chi connectivity index (χ1) is 12.8. The Morgan fingerprint density at radius 1 is 1.48 bits per heavy atom. The van der Waals surface area contributed by atoms with Crippen LogP contribution in [-0.4, -0.2) is 38.9 Å². The summed E-state index contributed by atoms with van der Waals surface area (Å²) in [6.07, 6.45) is 2.56. The normalized spacial score (nSPS) is 16.2. The number of fused-ring (bicyclic) bond motifs is 1. The van der Waals surface area contributed by atoms with E-state index in [1.165, 1.54) is 23.1 Å². The van der Waals surface area contributed by atoms with Gasteiger partial charge < -0.3 is 15.8 Å². The second kappa shape index (κ2) is 8.30. The molecule has 2 aromatic heterocycles. The number of hydrogen-bond acceptors (Lipinski definition) is 8. The first-order valence-corrected chi connectivity index (χ1v) is 10.6. The van der Waals surface area contributed by atoms with Crippen molar-refractivity contribution < 1.29 is 14.3 Å². The molecule has 0 bridgehead atoms. The number of H-pyrrole nitrogens is 1. The third-order valence-corrected chi connectivity index (χ3v) is 6.14. The van der Waals surface area contributed by atoms with Gasteiger partial charge in [0.05, 0.1) is 17.4 Å². The topological polar surface area (TPSA) is 123 Å². The zero-order chi connectivity index (χ0) is 19.6. The number of carbonyl (C=O) groups is 2. The molecule has 10 heteroatoms. The highest BCUT2D eigenvalue weighted by Crippen LogP contribution is 2.40. The van der Waals surface area contributed by atoms with Crippen LogP contribution in [0.4, 0.5) is 10.9 Å². The maximum atomic E-state index is 12.6. The standard InChI is InChI=1S/C17H23N5O3S2/c1-8(2)25-15(24)13-10-5-4-9(3)6-11(10)27-14(13)19-12(23)7-26-17-20-16(18)21-22-17/h8-9H,4-7H2,1-3H3,(H,19,23)(H3,18,20,21,22)/t9-/m0/s1. The number of thioether (sulfide) groups is 1. The predicted octanol–water partition coefficient (Wildman–Crippen LogP) is 2.87. The lowest BCUT2D eigenvalue weighted by molar-refractivity contribution is -0.113. The molecule has 0 saturated heterocycles. The van der Waals surface area contributed by atoms with Crippen LogP contribution in [0.25, 0.3) is 0 Å².